The van der Waals surface area contributed by atoms with Gasteiger partial charge in [0.1, 0.15) is 6.61 Å². The molecule has 0 bridgehead atoms. The van der Waals surface area contributed by atoms with Crippen molar-refractivity contribution in [2.45, 2.75) is 4.93 Å². The maximum Gasteiger partial charge on any atom is 0.330 e. The number of carbonyl (C=O) groups is 1. The molecule has 1 saturated heterocycles. The Morgan fingerprint density at radius 3 is 3.00 bits per heavy atom. The molecule has 0 aromatic rings. The summed E-state index contributed by atoms with van der Waals surface area (Å²) in [4.78, 5) is 9.94. The molecular weight excluding hydrogens is 152 g/mol. The minimum Gasteiger partial charge on any atom is -0.458 e. The summed E-state index contributed by atoms with van der Waals surface area (Å²) in [6, 6.07) is 0. The van der Waals surface area contributed by atoms with E-state index in [1.165, 1.54) is 0 Å². The van der Waals surface area contributed by atoms with Gasteiger partial charge in [0.25, 0.3) is 0 Å². The van der Waals surface area contributed by atoms with Crippen LogP contribution >= 0.6 is 12.6 Å². The molecule has 1 aliphatic rings. The topological polar surface area (TPSA) is 38.8 Å². The summed E-state index contributed by atoms with van der Waals surface area (Å²) in [5.41, 5.74) is 0. The molecule has 10 heavy (non-hydrogen) atoms. The maximum absolute atomic E-state index is 10.5. The molecule has 0 amide bonds. The highest BCUT2D eigenvalue weighted by atomic mass is 32.1. The molecule has 0 aromatic heterocycles. The molecule has 3 nitrogen and oxygen atoms in total. The lowest BCUT2D eigenvalue weighted by Crippen LogP contribution is -2.14. The third-order valence-electron chi connectivity index (χ3n) is 1.08. The zero-order valence-corrected chi connectivity index (χ0v) is 6.27. The standard InChI is InChI=1S/C6H8O3S/c1-2-5(7)8-3-6(10)4-9-6/h2,10H,1,3-4H2. The summed E-state index contributed by atoms with van der Waals surface area (Å²) >= 11 is 4.05. The van der Waals surface area contributed by atoms with Gasteiger partial charge >= 0.3 is 5.97 Å². The van der Waals surface area contributed by atoms with Crippen molar-refractivity contribution in [3.05, 3.63) is 12.7 Å². The fraction of sp³-hybridized carbons (Fsp3) is 0.500. The van der Waals surface area contributed by atoms with Crippen molar-refractivity contribution in [1.82, 2.24) is 0 Å². The Morgan fingerprint density at radius 1 is 2.00 bits per heavy atom. The van der Waals surface area contributed by atoms with Crippen molar-refractivity contribution in [2.75, 3.05) is 13.2 Å². The normalized spacial score (nSPS) is 29.3. The third kappa shape index (κ3) is 2.04. The van der Waals surface area contributed by atoms with Crippen molar-refractivity contribution in [1.29, 1.82) is 0 Å². The van der Waals surface area contributed by atoms with Crippen molar-refractivity contribution in [3.8, 4) is 0 Å². The fourth-order valence-electron chi connectivity index (χ4n) is 0.409. The highest BCUT2D eigenvalue weighted by Gasteiger charge is 2.42. The lowest BCUT2D eigenvalue weighted by atomic mass is 10.5. The van der Waals surface area contributed by atoms with E-state index in [-0.39, 0.29) is 6.61 Å². The van der Waals surface area contributed by atoms with Crippen molar-refractivity contribution < 1.29 is 14.3 Å². The van der Waals surface area contributed by atoms with E-state index in [2.05, 4.69) is 23.9 Å². The molecule has 0 aliphatic carbocycles. The first-order chi connectivity index (χ1) is 4.66. The molecule has 4 heteroatoms. The van der Waals surface area contributed by atoms with E-state index in [1.807, 2.05) is 0 Å². The molecule has 1 fully saturated rings. The number of ether oxygens (including phenoxy) is 2. The first kappa shape index (κ1) is 7.63. The zero-order chi connectivity index (χ0) is 7.61. The van der Waals surface area contributed by atoms with Crippen LogP contribution in [-0.2, 0) is 14.3 Å². The molecule has 0 spiro atoms. The van der Waals surface area contributed by atoms with E-state index in [0.717, 1.165) is 6.08 Å². The Morgan fingerprint density at radius 2 is 2.60 bits per heavy atom. The summed E-state index contributed by atoms with van der Waals surface area (Å²) in [6.45, 7) is 3.98. The maximum atomic E-state index is 10.5. The van der Waals surface area contributed by atoms with Crippen LogP contribution in [0.1, 0.15) is 0 Å². The summed E-state index contributed by atoms with van der Waals surface area (Å²) in [5, 5.41) is 0. The monoisotopic (exact) mass is 160 g/mol. The molecule has 1 heterocycles. The predicted octanol–water partition coefficient (Wildman–Crippen LogP) is 0.372. The van der Waals surface area contributed by atoms with Gasteiger partial charge in [-0.3, -0.25) is 0 Å². The smallest absolute Gasteiger partial charge is 0.330 e. The van der Waals surface area contributed by atoms with Crippen LogP contribution in [0.5, 0.6) is 0 Å². The Labute approximate surface area is 64.4 Å². The first-order valence-corrected chi connectivity index (χ1v) is 3.26. The van der Waals surface area contributed by atoms with E-state index in [1.54, 1.807) is 0 Å². The van der Waals surface area contributed by atoms with Crippen LogP contribution in [0.25, 0.3) is 0 Å². The van der Waals surface area contributed by atoms with E-state index >= 15 is 0 Å². The van der Waals surface area contributed by atoms with Gasteiger partial charge in [0.05, 0.1) is 6.61 Å². The number of hydrogen-bond donors (Lipinski definition) is 1. The quantitative estimate of drug-likeness (QED) is 0.280. The van der Waals surface area contributed by atoms with E-state index < -0.39 is 10.9 Å². The van der Waals surface area contributed by atoms with Gasteiger partial charge < -0.3 is 9.47 Å². The summed E-state index contributed by atoms with van der Waals surface area (Å²) in [7, 11) is 0. The molecule has 1 aliphatic heterocycles. The third-order valence-corrected chi connectivity index (χ3v) is 1.47. The fourth-order valence-corrected chi connectivity index (χ4v) is 0.539. The number of thiol groups is 1. The lowest BCUT2D eigenvalue weighted by Gasteiger charge is -2.02. The highest BCUT2D eigenvalue weighted by molar-refractivity contribution is 7.82. The molecule has 1 atom stereocenters. The van der Waals surface area contributed by atoms with Crippen LogP contribution in [0.3, 0.4) is 0 Å². The second-order valence-electron chi connectivity index (χ2n) is 2.05. The minimum absolute atomic E-state index is 0.195. The highest BCUT2D eigenvalue weighted by Crippen LogP contribution is 2.30. The zero-order valence-electron chi connectivity index (χ0n) is 5.37. The Hall–Kier alpha value is -0.480. The summed E-state index contributed by atoms with van der Waals surface area (Å²) < 4.78 is 9.50. The van der Waals surface area contributed by atoms with Gasteiger partial charge in [-0.25, -0.2) is 4.79 Å². The first-order valence-electron chi connectivity index (χ1n) is 2.82. The molecule has 1 rings (SSSR count). The van der Waals surface area contributed by atoms with E-state index in [9.17, 15) is 4.79 Å². The van der Waals surface area contributed by atoms with Crippen LogP contribution in [0.4, 0.5) is 0 Å². The molecule has 0 aromatic carbocycles. The Bertz CT molecular complexity index is 162. The molecule has 0 saturated carbocycles. The number of carbonyl (C=O) groups excluding carboxylic acids is 1. The van der Waals surface area contributed by atoms with E-state index in [4.69, 9.17) is 4.74 Å². The van der Waals surface area contributed by atoms with Crippen LogP contribution < -0.4 is 0 Å². The van der Waals surface area contributed by atoms with Gasteiger partial charge in [0, 0.05) is 6.08 Å². The minimum atomic E-state index is -0.515. The number of epoxide rings is 1. The number of rotatable bonds is 3. The average molecular weight is 160 g/mol. The number of esters is 1. The van der Waals surface area contributed by atoms with Gasteiger partial charge in [0.2, 0.25) is 0 Å². The van der Waals surface area contributed by atoms with Crippen LogP contribution in [0.2, 0.25) is 0 Å². The molecule has 56 valence electrons. The van der Waals surface area contributed by atoms with Crippen molar-refractivity contribution in [3.63, 3.8) is 0 Å². The summed E-state index contributed by atoms with van der Waals surface area (Å²) in [6.07, 6.45) is 1.11. The van der Waals surface area contributed by atoms with Crippen molar-refractivity contribution >= 4 is 18.6 Å². The number of hydrogen-bond acceptors (Lipinski definition) is 4. The summed E-state index contributed by atoms with van der Waals surface area (Å²) in [5.74, 6) is -0.441. The Balaban J connectivity index is 2.16. The van der Waals surface area contributed by atoms with Gasteiger partial charge in [-0.15, -0.1) is 12.6 Å². The van der Waals surface area contributed by atoms with Gasteiger partial charge in [0.15, 0.2) is 4.93 Å². The second kappa shape index (κ2) is 2.64. The van der Waals surface area contributed by atoms with Crippen molar-refractivity contribution in [2.24, 2.45) is 0 Å². The van der Waals surface area contributed by atoms with Crippen LogP contribution in [-0.4, -0.2) is 24.1 Å². The average Bonchev–Trinajstić information content (AvgIpc) is 2.64. The lowest BCUT2D eigenvalue weighted by molar-refractivity contribution is -0.138. The molecule has 0 N–H and O–H groups in total. The van der Waals surface area contributed by atoms with Gasteiger partial charge in [-0.1, -0.05) is 6.58 Å². The molecular formula is C6H8O3S. The van der Waals surface area contributed by atoms with Gasteiger partial charge in [-0.05, 0) is 0 Å². The van der Waals surface area contributed by atoms with Gasteiger partial charge in [-0.2, -0.15) is 0 Å². The predicted molar refractivity (Wildman–Crippen MR) is 38.8 cm³/mol. The second-order valence-corrected chi connectivity index (χ2v) is 2.86. The SMILES string of the molecule is C=CC(=O)OCC1(S)CO1. The van der Waals surface area contributed by atoms with Crippen LogP contribution in [0.15, 0.2) is 12.7 Å². The molecule has 1 unspecified atom stereocenters. The van der Waals surface area contributed by atoms with E-state index in [0.29, 0.717) is 6.61 Å². The Kier molecular flexibility index (Phi) is 2.01. The largest absolute Gasteiger partial charge is 0.458 e. The van der Waals surface area contributed by atoms with Crippen LogP contribution in [0, 0.1) is 0 Å². The molecule has 0 radical (unpaired) electrons.